The minimum absolute atomic E-state index is 0.111. The van der Waals surface area contributed by atoms with Crippen molar-refractivity contribution >= 4 is 33.0 Å². The molecule has 0 bridgehead atoms. The first-order valence-corrected chi connectivity index (χ1v) is 10.6. The van der Waals surface area contributed by atoms with Gasteiger partial charge in [0.2, 0.25) is 10.0 Å². The van der Waals surface area contributed by atoms with E-state index < -0.39 is 10.0 Å². The van der Waals surface area contributed by atoms with Crippen LogP contribution in [0.3, 0.4) is 0 Å². The van der Waals surface area contributed by atoms with Gasteiger partial charge in [-0.25, -0.2) is 8.42 Å². The largest absolute Gasteiger partial charge is 0.381 e. The van der Waals surface area contributed by atoms with Crippen LogP contribution in [0, 0.1) is 0 Å². The van der Waals surface area contributed by atoms with E-state index in [-0.39, 0.29) is 5.75 Å². The van der Waals surface area contributed by atoms with Crippen LogP contribution in [-0.2, 0) is 20.5 Å². The Balaban J connectivity index is 1.61. The number of benzene rings is 2. The Morgan fingerprint density at radius 1 is 1.15 bits per heavy atom. The van der Waals surface area contributed by atoms with E-state index in [4.69, 9.17) is 16.3 Å². The van der Waals surface area contributed by atoms with E-state index in [9.17, 15) is 8.42 Å². The molecule has 0 spiro atoms. The summed E-state index contributed by atoms with van der Waals surface area (Å²) in [4.78, 5) is 2.29. The van der Waals surface area contributed by atoms with Crippen molar-refractivity contribution in [1.29, 1.82) is 0 Å². The van der Waals surface area contributed by atoms with Crippen LogP contribution in [-0.4, -0.2) is 34.7 Å². The molecule has 0 atom stereocenters. The second-order valence-corrected chi connectivity index (χ2v) is 8.62. The van der Waals surface area contributed by atoms with E-state index in [2.05, 4.69) is 9.62 Å². The van der Waals surface area contributed by atoms with Crippen molar-refractivity contribution in [3.8, 4) is 0 Å². The molecule has 2 aromatic rings. The predicted octanol–water partition coefficient (Wildman–Crippen LogP) is 3.90. The molecule has 0 unspecified atom stereocenters. The first kappa shape index (κ1) is 19.0. The highest BCUT2D eigenvalue weighted by atomic mass is 35.5. The van der Waals surface area contributed by atoms with Crippen molar-refractivity contribution in [1.82, 2.24) is 0 Å². The Morgan fingerprint density at radius 3 is 2.46 bits per heavy atom. The zero-order valence-electron chi connectivity index (χ0n) is 14.7. The number of rotatable bonds is 6. The smallest absolute Gasteiger partial charge is 0.236 e. The molecule has 0 amide bonds. The predicted molar refractivity (Wildman–Crippen MR) is 106 cm³/mol. The number of ether oxygens (including phenoxy) is 1. The SMILES string of the molecule is COC1CCN(c2ccc(NS(=O)(=O)Cc3cccc(Cl)c3)cc2)CC1. The molecule has 0 radical (unpaired) electrons. The number of methoxy groups -OCH3 is 1. The summed E-state index contributed by atoms with van der Waals surface area (Å²) in [5.41, 5.74) is 2.31. The van der Waals surface area contributed by atoms with E-state index in [1.807, 2.05) is 12.1 Å². The summed E-state index contributed by atoms with van der Waals surface area (Å²) in [6.45, 7) is 1.89. The molecule has 1 saturated heterocycles. The topological polar surface area (TPSA) is 58.6 Å². The Hall–Kier alpha value is -1.76. The summed E-state index contributed by atoms with van der Waals surface area (Å²) in [6, 6.07) is 14.4. The van der Waals surface area contributed by atoms with Gasteiger partial charge in [-0.15, -0.1) is 0 Å². The zero-order chi connectivity index (χ0) is 18.6. The molecule has 1 fully saturated rings. The fourth-order valence-electron chi connectivity index (χ4n) is 3.15. The maximum Gasteiger partial charge on any atom is 0.236 e. The molecule has 1 heterocycles. The average molecular weight is 395 g/mol. The summed E-state index contributed by atoms with van der Waals surface area (Å²) >= 11 is 5.92. The first-order chi connectivity index (χ1) is 12.4. The molecule has 1 aliphatic rings. The number of piperidine rings is 1. The molecule has 26 heavy (non-hydrogen) atoms. The zero-order valence-corrected chi connectivity index (χ0v) is 16.3. The van der Waals surface area contributed by atoms with Gasteiger partial charge in [0.25, 0.3) is 0 Å². The number of nitrogens with zero attached hydrogens (tertiary/aromatic N) is 1. The van der Waals surface area contributed by atoms with Gasteiger partial charge in [-0.3, -0.25) is 4.72 Å². The van der Waals surface area contributed by atoms with Gasteiger partial charge in [-0.05, 0) is 54.8 Å². The molecular weight excluding hydrogens is 372 g/mol. The highest BCUT2D eigenvalue weighted by Gasteiger charge is 2.19. The number of hydrogen-bond acceptors (Lipinski definition) is 4. The molecule has 7 heteroatoms. The van der Waals surface area contributed by atoms with Gasteiger partial charge >= 0.3 is 0 Å². The summed E-state index contributed by atoms with van der Waals surface area (Å²) < 4.78 is 32.7. The van der Waals surface area contributed by atoms with Crippen LogP contribution >= 0.6 is 11.6 Å². The van der Waals surface area contributed by atoms with Crippen LogP contribution in [0.25, 0.3) is 0 Å². The molecular formula is C19H23ClN2O3S. The number of anilines is 2. The molecule has 1 aliphatic heterocycles. The van der Waals surface area contributed by atoms with Crippen molar-refractivity contribution in [2.24, 2.45) is 0 Å². The summed E-state index contributed by atoms with van der Waals surface area (Å²) in [5.74, 6) is -0.111. The van der Waals surface area contributed by atoms with Crippen LogP contribution in [0.2, 0.25) is 5.02 Å². The third-order valence-corrected chi connectivity index (χ3v) is 6.02. The van der Waals surface area contributed by atoms with Gasteiger partial charge in [-0.2, -0.15) is 0 Å². The van der Waals surface area contributed by atoms with Crippen LogP contribution < -0.4 is 9.62 Å². The molecule has 0 aliphatic carbocycles. The summed E-state index contributed by atoms with van der Waals surface area (Å²) in [7, 11) is -1.74. The van der Waals surface area contributed by atoms with Crippen molar-refractivity contribution in [3.63, 3.8) is 0 Å². The second-order valence-electron chi connectivity index (χ2n) is 6.46. The van der Waals surface area contributed by atoms with Crippen molar-refractivity contribution < 1.29 is 13.2 Å². The number of halogens is 1. The summed E-state index contributed by atoms with van der Waals surface area (Å²) in [5, 5.41) is 0.527. The fraction of sp³-hybridized carbons (Fsp3) is 0.368. The summed E-state index contributed by atoms with van der Waals surface area (Å²) in [6.07, 6.45) is 2.35. The van der Waals surface area contributed by atoms with E-state index in [0.29, 0.717) is 22.4 Å². The van der Waals surface area contributed by atoms with Gasteiger partial charge in [0, 0.05) is 36.6 Å². The normalized spacial score (nSPS) is 15.8. The van der Waals surface area contributed by atoms with Crippen molar-refractivity contribution in [2.75, 3.05) is 29.8 Å². The lowest BCUT2D eigenvalue weighted by atomic mass is 10.1. The van der Waals surface area contributed by atoms with E-state index in [0.717, 1.165) is 31.6 Å². The van der Waals surface area contributed by atoms with Crippen LogP contribution in [0.4, 0.5) is 11.4 Å². The van der Waals surface area contributed by atoms with E-state index in [1.165, 1.54) is 0 Å². The van der Waals surface area contributed by atoms with Gasteiger partial charge in [-0.1, -0.05) is 23.7 Å². The quantitative estimate of drug-likeness (QED) is 0.807. The lowest BCUT2D eigenvalue weighted by Gasteiger charge is -2.33. The van der Waals surface area contributed by atoms with Gasteiger partial charge < -0.3 is 9.64 Å². The van der Waals surface area contributed by atoms with Crippen molar-refractivity contribution in [2.45, 2.75) is 24.7 Å². The van der Waals surface area contributed by atoms with E-state index in [1.54, 1.807) is 43.5 Å². The Kier molecular flexibility index (Phi) is 6.06. The molecule has 140 valence electrons. The van der Waals surface area contributed by atoms with Crippen LogP contribution in [0.5, 0.6) is 0 Å². The van der Waals surface area contributed by atoms with Gasteiger partial charge in [0.1, 0.15) is 0 Å². The molecule has 5 nitrogen and oxygen atoms in total. The van der Waals surface area contributed by atoms with E-state index >= 15 is 0 Å². The maximum atomic E-state index is 12.4. The first-order valence-electron chi connectivity index (χ1n) is 8.58. The minimum atomic E-state index is -3.49. The molecule has 1 N–H and O–H groups in total. The van der Waals surface area contributed by atoms with Crippen LogP contribution in [0.15, 0.2) is 48.5 Å². The maximum absolute atomic E-state index is 12.4. The highest BCUT2D eigenvalue weighted by molar-refractivity contribution is 7.91. The lowest BCUT2D eigenvalue weighted by molar-refractivity contribution is 0.0819. The standard InChI is InChI=1S/C19H23ClN2O3S/c1-25-19-9-11-22(12-10-19)18-7-5-17(6-8-18)21-26(23,24)14-15-3-2-4-16(20)13-15/h2-8,13,19,21H,9-12,14H2,1H3. The Labute approximate surface area is 160 Å². The third-order valence-electron chi connectivity index (χ3n) is 4.53. The molecule has 0 saturated carbocycles. The molecule has 0 aromatic heterocycles. The van der Waals surface area contributed by atoms with Crippen molar-refractivity contribution in [3.05, 3.63) is 59.1 Å². The Morgan fingerprint density at radius 2 is 1.85 bits per heavy atom. The van der Waals surface area contributed by atoms with Gasteiger partial charge in [0.05, 0.1) is 11.9 Å². The second kappa shape index (κ2) is 8.29. The van der Waals surface area contributed by atoms with Gasteiger partial charge in [0.15, 0.2) is 0 Å². The molecule has 2 aromatic carbocycles. The Bertz CT molecular complexity index is 832. The lowest BCUT2D eigenvalue weighted by Crippen LogP contribution is -2.36. The van der Waals surface area contributed by atoms with Crippen LogP contribution in [0.1, 0.15) is 18.4 Å². The number of nitrogens with one attached hydrogen (secondary N) is 1. The number of sulfonamides is 1. The molecule has 3 rings (SSSR count). The highest BCUT2D eigenvalue weighted by Crippen LogP contribution is 2.24. The monoisotopic (exact) mass is 394 g/mol. The number of hydrogen-bond donors (Lipinski definition) is 1. The fourth-order valence-corrected chi connectivity index (χ4v) is 4.55. The minimum Gasteiger partial charge on any atom is -0.381 e. The average Bonchev–Trinajstić information content (AvgIpc) is 2.62. The third kappa shape index (κ3) is 5.13.